The molecule has 0 aromatic heterocycles. The largest absolute Gasteiger partial charge is 0.418 e. The third-order valence-corrected chi connectivity index (χ3v) is 2.84. The Morgan fingerprint density at radius 2 is 1.75 bits per heavy atom. The Bertz CT molecular complexity index is 641. The topological polar surface area (TPSA) is 38.0 Å². The van der Waals surface area contributed by atoms with Gasteiger partial charge in [0.15, 0.2) is 0 Å². The number of nitrogens with two attached hydrogens (primary N) is 1. The lowest BCUT2D eigenvalue weighted by molar-refractivity contribution is -0.136. The Balaban J connectivity index is 2.40. The van der Waals surface area contributed by atoms with E-state index in [1.165, 1.54) is 24.3 Å². The number of rotatable bonds is 2. The zero-order valence-corrected chi connectivity index (χ0v) is 10.7. The van der Waals surface area contributed by atoms with Crippen molar-refractivity contribution >= 4 is 28.7 Å². The maximum absolute atomic E-state index is 13.0. The number of nitrogen functional groups attached to an aromatic ring is 1. The van der Waals surface area contributed by atoms with E-state index in [4.69, 9.17) is 17.3 Å². The summed E-state index contributed by atoms with van der Waals surface area (Å²) >= 11 is 5.58. The fourth-order valence-electron chi connectivity index (χ4n) is 1.63. The van der Waals surface area contributed by atoms with Gasteiger partial charge in [-0.2, -0.15) is 13.2 Å². The molecule has 2 nitrogen and oxygen atoms in total. The molecule has 2 aromatic rings. The van der Waals surface area contributed by atoms with Crippen molar-refractivity contribution < 1.29 is 17.6 Å². The minimum atomic E-state index is -4.55. The monoisotopic (exact) mass is 304 g/mol. The fraction of sp³-hybridized carbons (Fsp3) is 0.0769. The highest BCUT2D eigenvalue weighted by molar-refractivity contribution is 6.31. The molecular weight excluding hydrogens is 296 g/mol. The molecule has 2 rings (SSSR count). The average Bonchev–Trinajstić information content (AvgIpc) is 2.35. The third kappa shape index (κ3) is 3.14. The van der Waals surface area contributed by atoms with Crippen molar-refractivity contribution in [2.45, 2.75) is 6.18 Å². The minimum Gasteiger partial charge on any atom is -0.399 e. The van der Waals surface area contributed by atoms with Gasteiger partial charge in [0.05, 0.1) is 16.3 Å². The summed E-state index contributed by atoms with van der Waals surface area (Å²) < 4.78 is 51.7. The van der Waals surface area contributed by atoms with E-state index in [2.05, 4.69) is 5.32 Å². The highest BCUT2D eigenvalue weighted by Crippen LogP contribution is 2.37. The molecule has 106 valence electrons. The van der Waals surface area contributed by atoms with Gasteiger partial charge in [-0.15, -0.1) is 0 Å². The lowest BCUT2D eigenvalue weighted by atomic mass is 10.1. The molecule has 0 fully saturated rings. The predicted molar refractivity (Wildman–Crippen MR) is 70.5 cm³/mol. The molecule has 7 heteroatoms. The fourth-order valence-corrected chi connectivity index (χ4v) is 1.82. The number of hydrogen-bond donors (Lipinski definition) is 2. The minimum absolute atomic E-state index is 0.0000125. The van der Waals surface area contributed by atoms with Gasteiger partial charge in [0.25, 0.3) is 0 Å². The van der Waals surface area contributed by atoms with Crippen molar-refractivity contribution in [1.82, 2.24) is 0 Å². The van der Waals surface area contributed by atoms with Crippen LogP contribution in [0.4, 0.5) is 34.6 Å². The van der Waals surface area contributed by atoms with Gasteiger partial charge in [0.2, 0.25) is 0 Å². The quantitative estimate of drug-likeness (QED) is 0.616. The summed E-state index contributed by atoms with van der Waals surface area (Å²) in [6.45, 7) is 0. The molecule has 0 aliphatic carbocycles. The van der Waals surface area contributed by atoms with Crippen molar-refractivity contribution in [2.75, 3.05) is 11.1 Å². The number of anilines is 3. The van der Waals surface area contributed by atoms with Gasteiger partial charge in [-0.3, -0.25) is 0 Å². The van der Waals surface area contributed by atoms with Crippen molar-refractivity contribution in [2.24, 2.45) is 0 Å². The molecule has 20 heavy (non-hydrogen) atoms. The lowest BCUT2D eigenvalue weighted by Crippen LogP contribution is -2.09. The summed E-state index contributed by atoms with van der Waals surface area (Å²) in [5.41, 5.74) is 4.51. The third-order valence-electron chi connectivity index (χ3n) is 2.55. The standard InChI is InChI=1S/C13H9ClF4N2/c14-10-6-8(2-3-11(10)15)20-12-4-1-7(19)5-9(12)13(16,17)18/h1-6,20H,19H2. The number of alkyl halides is 3. The Labute approximate surface area is 117 Å². The van der Waals surface area contributed by atoms with Gasteiger partial charge in [0.1, 0.15) is 5.82 Å². The molecule has 0 saturated heterocycles. The molecule has 0 aliphatic rings. The van der Waals surface area contributed by atoms with E-state index < -0.39 is 17.6 Å². The molecule has 0 amide bonds. The summed E-state index contributed by atoms with van der Waals surface area (Å²) in [4.78, 5) is 0. The molecule has 0 radical (unpaired) electrons. The van der Waals surface area contributed by atoms with Crippen molar-refractivity contribution in [3.05, 3.63) is 52.8 Å². The van der Waals surface area contributed by atoms with Gasteiger partial charge in [-0.1, -0.05) is 11.6 Å². The van der Waals surface area contributed by atoms with Crippen LogP contribution in [0.5, 0.6) is 0 Å². The molecule has 3 N–H and O–H groups in total. The zero-order valence-electron chi connectivity index (χ0n) is 9.93. The summed E-state index contributed by atoms with van der Waals surface area (Å²) in [5.74, 6) is -0.648. The van der Waals surface area contributed by atoms with E-state index in [-0.39, 0.29) is 22.1 Å². The van der Waals surface area contributed by atoms with E-state index in [1.54, 1.807) is 0 Å². The number of halogens is 5. The van der Waals surface area contributed by atoms with Crippen molar-refractivity contribution in [3.63, 3.8) is 0 Å². The summed E-state index contributed by atoms with van der Waals surface area (Å²) in [5, 5.41) is 2.37. The summed E-state index contributed by atoms with van der Waals surface area (Å²) in [6, 6.07) is 6.92. The Morgan fingerprint density at radius 1 is 1.05 bits per heavy atom. The van der Waals surface area contributed by atoms with Crippen molar-refractivity contribution in [3.8, 4) is 0 Å². The molecule has 0 unspecified atom stereocenters. The molecule has 0 heterocycles. The van der Waals surface area contributed by atoms with Crippen LogP contribution in [0.2, 0.25) is 5.02 Å². The van der Waals surface area contributed by atoms with E-state index in [1.807, 2.05) is 0 Å². The first-order valence-electron chi connectivity index (χ1n) is 5.46. The van der Waals surface area contributed by atoms with Crippen LogP contribution in [0, 0.1) is 5.82 Å². The smallest absolute Gasteiger partial charge is 0.399 e. The van der Waals surface area contributed by atoms with Gasteiger partial charge in [-0.25, -0.2) is 4.39 Å². The molecular formula is C13H9ClF4N2. The van der Waals surface area contributed by atoms with Crippen LogP contribution in [-0.2, 0) is 6.18 Å². The Morgan fingerprint density at radius 3 is 2.35 bits per heavy atom. The lowest BCUT2D eigenvalue weighted by Gasteiger charge is -2.15. The number of hydrogen-bond acceptors (Lipinski definition) is 2. The first-order chi connectivity index (χ1) is 9.27. The Hall–Kier alpha value is -1.95. The van der Waals surface area contributed by atoms with Crippen LogP contribution in [0.3, 0.4) is 0 Å². The summed E-state index contributed by atoms with van der Waals surface area (Å²) in [7, 11) is 0. The second-order valence-corrected chi connectivity index (χ2v) is 4.46. The van der Waals surface area contributed by atoms with Crippen LogP contribution in [0.25, 0.3) is 0 Å². The normalized spacial score (nSPS) is 11.4. The molecule has 0 aliphatic heterocycles. The average molecular weight is 305 g/mol. The van der Waals surface area contributed by atoms with Crippen LogP contribution in [-0.4, -0.2) is 0 Å². The molecule has 2 aromatic carbocycles. The summed E-state index contributed by atoms with van der Waals surface area (Å²) in [6.07, 6.45) is -4.55. The van der Waals surface area contributed by atoms with Gasteiger partial charge in [-0.05, 0) is 36.4 Å². The highest BCUT2D eigenvalue weighted by Gasteiger charge is 2.33. The van der Waals surface area contributed by atoms with Crippen LogP contribution in [0.15, 0.2) is 36.4 Å². The molecule has 0 spiro atoms. The van der Waals surface area contributed by atoms with Gasteiger partial charge in [0, 0.05) is 11.4 Å². The van der Waals surface area contributed by atoms with Crippen LogP contribution in [0.1, 0.15) is 5.56 Å². The highest BCUT2D eigenvalue weighted by atomic mass is 35.5. The first-order valence-corrected chi connectivity index (χ1v) is 5.84. The van der Waals surface area contributed by atoms with E-state index in [0.717, 1.165) is 12.1 Å². The zero-order chi connectivity index (χ0) is 14.9. The second-order valence-electron chi connectivity index (χ2n) is 4.06. The Kier molecular flexibility index (Phi) is 3.76. The van der Waals surface area contributed by atoms with E-state index in [9.17, 15) is 17.6 Å². The maximum Gasteiger partial charge on any atom is 0.418 e. The molecule has 0 bridgehead atoms. The second kappa shape index (κ2) is 5.20. The number of benzene rings is 2. The maximum atomic E-state index is 13.0. The SMILES string of the molecule is Nc1ccc(Nc2ccc(F)c(Cl)c2)c(C(F)(F)F)c1. The molecule has 0 atom stereocenters. The predicted octanol–water partition coefficient (Wildman–Crippen LogP) is 4.82. The van der Waals surface area contributed by atoms with Gasteiger partial charge < -0.3 is 11.1 Å². The van der Waals surface area contributed by atoms with Gasteiger partial charge >= 0.3 is 6.18 Å². The first kappa shape index (κ1) is 14.5. The van der Waals surface area contributed by atoms with E-state index in [0.29, 0.717) is 0 Å². The van der Waals surface area contributed by atoms with E-state index >= 15 is 0 Å². The van der Waals surface area contributed by atoms with Crippen molar-refractivity contribution in [1.29, 1.82) is 0 Å². The molecule has 0 saturated carbocycles. The van der Waals surface area contributed by atoms with Crippen LogP contribution < -0.4 is 11.1 Å². The number of nitrogens with one attached hydrogen (secondary N) is 1. The van der Waals surface area contributed by atoms with Crippen LogP contribution >= 0.6 is 11.6 Å².